The molecular formula is C17H16N2O4. The minimum Gasteiger partial charge on any atom is -0.497 e. The van der Waals surface area contributed by atoms with Crippen LogP contribution in [0, 0.1) is 0 Å². The van der Waals surface area contributed by atoms with Gasteiger partial charge in [0.2, 0.25) is 0 Å². The molecule has 23 heavy (non-hydrogen) atoms. The van der Waals surface area contributed by atoms with Crippen LogP contribution in [-0.2, 0) is 6.54 Å². The van der Waals surface area contributed by atoms with Gasteiger partial charge in [-0.3, -0.25) is 4.99 Å². The molecule has 0 fully saturated rings. The van der Waals surface area contributed by atoms with Crippen molar-refractivity contribution in [2.24, 2.45) is 4.99 Å². The van der Waals surface area contributed by atoms with Crippen molar-refractivity contribution >= 4 is 5.71 Å². The van der Waals surface area contributed by atoms with Gasteiger partial charge in [0, 0.05) is 0 Å². The Kier molecular flexibility index (Phi) is 4.14. The van der Waals surface area contributed by atoms with Gasteiger partial charge in [0.15, 0.2) is 11.5 Å². The standard InChI is InChI=1S/C17H16N2O4/c1-11(18-10-12-5-3-6-13(9-12)21-2)15-17(20)23-16(19-15)14-7-4-8-22-14/h3-9,20H,10H2,1-2H3. The number of rotatable bonds is 5. The second-order valence-corrected chi connectivity index (χ2v) is 4.90. The average Bonchev–Trinajstić information content (AvgIpc) is 3.22. The van der Waals surface area contributed by atoms with Crippen molar-refractivity contribution in [3.8, 4) is 23.3 Å². The second-order valence-electron chi connectivity index (χ2n) is 4.90. The number of benzene rings is 1. The van der Waals surface area contributed by atoms with E-state index in [1.165, 1.54) is 6.26 Å². The van der Waals surface area contributed by atoms with Gasteiger partial charge in [-0.05, 0) is 36.8 Å². The lowest BCUT2D eigenvalue weighted by Crippen LogP contribution is -1.97. The number of oxazole rings is 1. The Morgan fingerprint density at radius 2 is 2.17 bits per heavy atom. The number of aliphatic imine (C=N–C) groups is 1. The molecule has 2 heterocycles. The summed E-state index contributed by atoms with van der Waals surface area (Å²) >= 11 is 0. The van der Waals surface area contributed by atoms with Crippen LogP contribution in [0.2, 0.25) is 0 Å². The molecule has 1 N–H and O–H groups in total. The zero-order valence-electron chi connectivity index (χ0n) is 12.8. The molecule has 118 valence electrons. The summed E-state index contributed by atoms with van der Waals surface area (Å²) in [6.45, 7) is 2.22. The molecule has 0 bridgehead atoms. The van der Waals surface area contributed by atoms with Gasteiger partial charge >= 0.3 is 5.95 Å². The van der Waals surface area contributed by atoms with Gasteiger partial charge < -0.3 is 18.7 Å². The monoisotopic (exact) mass is 312 g/mol. The van der Waals surface area contributed by atoms with Gasteiger partial charge in [0.25, 0.3) is 5.89 Å². The number of aromatic hydroxyl groups is 1. The van der Waals surface area contributed by atoms with Crippen molar-refractivity contribution < 1.29 is 18.7 Å². The summed E-state index contributed by atoms with van der Waals surface area (Å²) in [5, 5.41) is 9.91. The third kappa shape index (κ3) is 3.26. The summed E-state index contributed by atoms with van der Waals surface area (Å²) < 4.78 is 15.6. The molecular weight excluding hydrogens is 296 g/mol. The molecule has 0 radical (unpaired) electrons. The summed E-state index contributed by atoms with van der Waals surface area (Å²) in [6.07, 6.45) is 1.51. The van der Waals surface area contributed by atoms with E-state index in [1.807, 2.05) is 24.3 Å². The molecule has 3 rings (SSSR count). The first kappa shape index (κ1) is 14.9. The molecule has 2 aromatic heterocycles. The van der Waals surface area contributed by atoms with E-state index in [0.717, 1.165) is 11.3 Å². The Balaban J connectivity index is 1.81. The molecule has 0 atom stereocenters. The summed E-state index contributed by atoms with van der Waals surface area (Å²) in [7, 11) is 1.62. The molecule has 1 aromatic carbocycles. The zero-order valence-corrected chi connectivity index (χ0v) is 12.8. The summed E-state index contributed by atoms with van der Waals surface area (Å²) in [6, 6.07) is 11.1. The summed E-state index contributed by atoms with van der Waals surface area (Å²) in [4.78, 5) is 8.68. The van der Waals surface area contributed by atoms with Gasteiger partial charge in [-0.15, -0.1) is 0 Å². The largest absolute Gasteiger partial charge is 0.497 e. The Morgan fingerprint density at radius 3 is 2.91 bits per heavy atom. The van der Waals surface area contributed by atoms with Gasteiger partial charge in [-0.1, -0.05) is 12.1 Å². The summed E-state index contributed by atoms with van der Waals surface area (Å²) in [5.74, 6) is 1.17. The van der Waals surface area contributed by atoms with E-state index in [1.54, 1.807) is 26.2 Å². The Bertz CT molecular complexity index is 819. The van der Waals surface area contributed by atoms with Crippen LogP contribution in [0.4, 0.5) is 0 Å². The van der Waals surface area contributed by atoms with E-state index >= 15 is 0 Å². The fourth-order valence-electron chi connectivity index (χ4n) is 2.11. The van der Waals surface area contributed by atoms with E-state index < -0.39 is 0 Å². The van der Waals surface area contributed by atoms with Crippen LogP contribution in [0.25, 0.3) is 11.7 Å². The molecule has 0 unspecified atom stereocenters. The number of methoxy groups -OCH3 is 1. The lowest BCUT2D eigenvalue weighted by Gasteiger charge is -2.02. The van der Waals surface area contributed by atoms with E-state index in [4.69, 9.17) is 13.6 Å². The highest BCUT2D eigenvalue weighted by Gasteiger charge is 2.17. The number of hydrogen-bond donors (Lipinski definition) is 1. The highest BCUT2D eigenvalue weighted by molar-refractivity contribution is 5.99. The fraction of sp³-hybridized carbons (Fsp3) is 0.176. The number of nitrogens with zero attached hydrogens (tertiary/aromatic N) is 2. The number of hydrogen-bond acceptors (Lipinski definition) is 6. The second kappa shape index (κ2) is 6.39. The van der Waals surface area contributed by atoms with Gasteiger partial charge in [0.05, 0.1) is 25.6 Å². The third-order valence-corrected chi connectivity index (χ3v) is 3.32. The molecule has 0 spiro atoms. The minimum absolute atomic E-state index is 0.221. The molecule has 6 nitrogen and oxygen atoms in total. The van der Waals surface area contributed by atoms with Crippen molar-refractivity contribution in [1.29, 1.82) is 0 Å². The minimum atomic E-state index is -0.275. The lowest BCUT2D eigenvalue weighted by atomic mass is 10.2. The van der Waals surface area contributed by atoms with Crippen LogP contribution >= 0.6 is 0 Å². The van der Waals surface area contributed by atoms with E-state index in [0.29, 0.717) is 23.7 Å². The number of ether oxygens (including phenoxy) is 1. The molecule has 6 heteroatoms. The van der Waals surface area contributed by atoms with E-state index in [9.17, 15) is 5.11 Å². The Morgan fingerprint density at radius 1 is 1.30 bits per heavy atom. The highest BCUT2D eigenvalue weighted by Crippen LogP contribution is 2.27. The molecule has 0 saturated heterocycles. The molecule has 0 saturated carbocycles. The van der Waals surface area contributed by atoms with Gasteiger partial charge in [-0.25, -0.2) is 4.98 Å². The highest BCUT2D eigenvalue weighted by atomic mass is 16.5. The van der Waals surface area contributed by atoms with Crippen LogP contribution in [0.15, 0.2) is 56.5 Å². The van der Waals surface area contributed by atoms with Crippen LogP contribution < -0.4 is 4.74 Å². The van der Waals surface area contributed by atoms with Gasteiger partial charge in [0.1, 0.15) is 5.75 Å². The fourth-order valence-corrected chi connectivity index (χ4v) is 2.11. The van der Waals surface area contributed by atoms with Crippen molar-refractivity contribution in [1.82, 2.24) is 4.98 Å². The smallest absolute Gasteiger partial charge is 0.312 e. The van der Waals surface area contributed by atoms with Crippen LogP contribution in [0.3, 0.4) is 0 Å². The van der Waals surface area contributed by atoms with Crippen LogP contribution in [0.5, 0.6) is 11.7 Å². The van der Waals surface area contributed by atoms with Crippen molar-refractivity contribution in [3.63, 3.8) is 0 Å². The predicted octanol–water partition coefficient (Wildman–Crippen LogP) is 3.66. The number of aromatic nitrogens is 1. The lowest BCUT2D eigenvalue weighted by molar-refractivity contribution is 0.333. The average molecular weight is 312 g/mol. The Labute approximate surface area is 133 Å². The quantitative estimate of drug-likeness (QED) is 0.727. The molecule has 0 aliphatic carbocycles. The maximum Gasteiger partial charge on any atom is 0.312 e. The normalized spacial score (nSPS) is 11.7. The topological polar surface area (TPSA) is 81.0 Å². The first-order chi connectivity index (χ1) is 11.2. The SMILES string of the molecule is COc1cccc(CN=C(C)c2nc(-c3ccco3)oc2O)c1. The molecule has 0 aliphatic rings. The molecule has 0 amide bonds. The van der Waals surface area contributed by atoms with Crippen LogP contribution in [-0.4, -0.2) is 22.9 Å². The maximum absolute atomic E-state index is 9.91. The zero-order chi connectivity index (χ0) is 16.2. The number of furan rings is 1. The maximum atomic E-state index is 9.91. The molecule has 3 aromatic rings. The Hall–Kier alpha value is -3.02. The van der Waals surface area contributed by atoms with E-state index in [2.05, 4.69) is 9.98 Å². The van der Waals surface area contributed by atoms with Crippen molar-refractivity contribution in [2.45, 2.75) is 13.5 Å². The van der Waals surface area contributed by atoms with Crippen molar-refractivity contribution in [2.75, 3.05) is 7.11 Å². The predicted molar refractivity (Wildman–Crippen MR) is 84.8 cm³/mol. The first-order valence-corrected chi connectivity index (χ1v) is 7.05. The van der Waals surface area contributed by atoms with Crippen LogP contribution in [0.1, 0.15) is 18.2 Å². The summed E-state index contributed by atoms with van der Waals surface area (Å²) in [5.41, 5.74) is 1.88. The molecule has 0 aliphatic heterocycles. The third-order valence-electron chi connectivity index (χ3n) is 3.32. The van der Waals surface area contributed by atoms with Crippen molar-refractivity contribution in [3.05, 3.63) is 53.9 Å². The van der Waals surface area contributed by atoms with E-state index in [-0.39, 0.29) is 11.8 Å². The first-order valence-electron chi connectivity index (χ1n) is 7.05. The van der Waals surface area contributed by atoms with Gasteiger partial charge in [-0.2, -0.15) is 0 Å².